The zero-order valence-corrected chi connectivity index (χ0v) is 14.2. The molecule has 2 aromatic rings. The molecule has 0 aliphatic heterocycles. The molecule has 3 rings (SSSR count). The minimum absolute atomic E-state index is 0.257. The molecule has 2 aromatic carbocycles. The number of nitrogens with one attached hydrogen (secondary N) is 1. The fourth-order valence-corrected chi connectivity index (χ4v) is 3.57. The standard InChI is InChI=1S/C15H11BrCl3N/c16-9-2-3-10-8(5-9)1-4-14(10)20-15-7-12(18)11(17)6-13(15)19/h2-3,5-7,14,20H,1,4H2. The topological polar surface area (TPSA) is 12.0 Å². The SMILES string of the molecule is Clc1cc(Cl)c(NC2CCc3cc(Br)ccc32)cc1Cl. The minimum atomic E-state index is 0.257. The Kier molecular flexibility index (Phi) is 4.19. The molecule has 0 heterocycles. The van der Waals surface area contributed by atoms with E-state index in [0.717, 1.165) is 23.0 Å². The second-order valence-electron chi connectivity index (χ2n) is 4.82. The lowest BCUT2D eigenvalue weighted by molar-refractivity contribution is 0.762. The predicted octanol–water partition coefficient (Wildman–Crippen LogP) is 6.51. The summed E-state index contributed by atoms with van der Waals surface area (Å²) in [6.45, 7) is 0. The third kappa shape index (κ3) is 2.80. The molecule has 0 radical (unpaired) electrons. The van der Waals surface area contributed by atoms with Crippen molar-refractivity contribution >= 4 is 56.4 Å². The molecular formula is C15H11BrCl3N. The van der Waals surface area contributed by atoms with E-state index < -0.39 is 0 Å². The summed E-state index contributed by atoms with van der Waals surface area (Å²) in [5, 5.41) is 5.03. The largest absolute Gasteiger partial charge is 0.377 e. The zero-order chi connectivity index (χ0) is 14.3. The van der Waals surface area contributed by atoms with E-state index in [9.17, 15) is 0 Å². The molecule has 0 bridgehead atoms. The van der Waals surface area contributed by atoms with Crippen LogP contribution in [-0.2, 0) is 6.42 Å². The molecule has 0 spiro atoms. The van der Waals surface area contributed by atoms with E-state index in [4.69, 9.17) is 34.8 Å². The van der Waals surface area contributed by atoms with Crippen LogP contribution in [0.2, 0.25) is 15.1 Å². The Balaban J connectivity index is 1.89. The molecule has 1 unspecified atom stereocenters. The lowest BCUT2D eigenvalue weighted by atomic mass is 10.1. The highest BCUT2D eigenvalue weighted by molar-refractivity contribution is 9.10. The van der Waals surface area contributed by atoms with E-state index in [2.05, 4.69) is 39.4 Å². The van der Waals surface area contributed by atoms with Crippen molar-refractivity contribution in [3.05, 3.63) is 61.0 Å². The van der Waals surface area contributed by atoms with Crippen LogP contribution in [0.4, 0.5) is 5.69 Å². The highest BCUT2D eigenvalue weighted by Crippen LogP contribution is 2.39. The van der Waals surface area contributed by atoms with Gasteiger partial charge >= 0.3 is 0 Å². The first kappa shape index (κ1) is 14.5. The van der Waals surface area contributed by atoms with Crippen molar-refractivity contribution in [1.82, 2.24) is 0 Å². The van der Waals surface area contributed by atoms with Gasteiger partial charge in [-0.2, -0.15) is 0 Å². The molecule has 0 saturated carbocycles. The Hall–Kier alpha value is -0.410. The third-order valence-electron chi connectivity index (χ3n) is 3.52. The Morgan fingerprint density at radius 3 is 2.55 bits per heavy atom. The summed E-state index contributed by atoms with van der Waals surface area (Å²) in [4.78, 5) is 0. The van der Waals surface area contributed by atoms with Crippen molar-refractivity contribution in [1.29, 1.82) is 0 Å². The van der Waals surface area contributed by atoms with Gasteiger partial charge in [-0.15, -0.1) is 0 Å². The molecule has 1 atom stereocenters. The summed E-state index contributed by atoms with van der Waals surface area (Å²) in [6, 6.07) is 10.1. The highest BCUT2D eigenvalue weighted by atomic mass is 79.9. The van der Waals surface area contributed by atoms with E-state index in [-0.39, 0.29) is 6.04 Å². The summed E-state index contributed by atoms with van der Waals surface area (Å²) in [7, 11) is 0. The van der Waals surface area contributed by atoms with Crippen LogP contribution < -0.4 is 5.32 Å². The van der Waals surface area contributed by atoms with Gasteiger partial charge in [0.2, 0.25) is 0 Å². The number of rotatable bonds is 2. The van der Waals surface area contributed by atoms with Gasteiger partial charge in [-0.25, -0.2) is 0 Å². The Morgan fingerprint density at radius 1 is 1.00 bits per heavy atom. The van der Waals surface area contributed by atoms with E-state index in [0.29, 0.717) is 15.1 Å². The number of hydrogen-bond donors (Lipinski definition) is 1. The normalized spacial score (nSPS) is 17.1. The predicted molar refractivity (Wildman–Crippen MR) is 90.3 cm³/mol. The summed E-state index contributed by atoms with van der Waals surface area (Å²) < 4.78 is 1.12. The van der Waals surface area contributed by atoms with Gasteiger partial charge in [0.15, 0.2) is 0 Å². The fourth-order valence-electron chi connectivity index (χ4n) is 2.56. The Labute approximate surface area is 141 Å². The lowest BCUT2D eigenvalue weighted by Gasteiger charge is -2.17. The number of anilines is 1. The van der Waals surface area contributed by atoms with Crippen molar-refractivity contribution in [2.24, 2.45) is 0 Å². The zero-order valence-electron chi connectivity index (χ0n) is 10.4. The summed E-state index contributed by atoms with van der Waals surface area (Å²) in [5.74, 6) is 0. The lowest BCUT2D eigenvalue weighted by Crippen LogP contribution is -2.07. The molecule has 1 N–H and O–H groups in total. The second kappa shape index (κ2) is 5.76. The molecule has 104 valence electrons. The van der Waals surface area contributed by atoms with Crippen molar-refractivity contribution < 1.29 is 0 Å². The maximum Gasteiger partial charge on any atom is 0.0653 e. The van der Waals surface area contributed by atoms with Crippen LogP contribution in [0.25, 0.3) is 0 Å². The van der Waals surface area contributed by atoms with E-state index in [1.807, 2.05) is 0 Å². The average molecular weight is 392 g/mol. The third-order valence-corrected chi connectivity index (χ3v) is 5.05. The van der Waals surface area contributed by atoms with Crippen molar-refractivity contribution in [2.75, 3.05) is 5.32 Å². The van der Waals surface area contributed by atoms with Crippen LogP contribution in [0.3, 0.4) is 0 Å². The molecule has 0 aromatic heterocycles. The van der Waals surface area contributed by atoms with Gasteiger partial charge in [0.25, 0.3) is 0 Å². The van der Waals surface area contributed by atoms with Gasteiger partial charge < -0.3 is 5.32 Å². The molecule has 1 aliphatic carbocycles. The maximum atomic E-state index is 6.22. The smallest absolute Gasteiger partial charge is 0.0653 e. The van der Waals surface area contributed by atoms with Crippen LogP contribution in [-0.4, -0.2) is 0 Å². The summed E-state index contributed by atoms with van der Waals surface area (Å²) >= 11 is 21.7. The molecule has 0 fully saturated rings. The Morgan fingerprint density at radius 2 is 1.75 bits per heavy atom. The first-order valence-electron chi connectivity index (χ1n) is 6.24. The number of hydrogen-bond acceptors (Lipinski definition) is 1. The van der Waals surface area contributed by atoms with Gasteiger partial charge in [0, 0.05) is 4.47 Å². The van der Waals surface area contributed by atoms with E-state index >= 15 is 0 Å². The van der Waals surface area contributed by atoms with Crippen molar-refractivity contribution in [3.8, 4) is 0 Å². The maximum absolute atomic E-state index is 6.22. The van der Waals surface area contributed by atoms with Gasteiger partial charge in [-0.1, -0.05) is 56.8 Å². The van der Waals surface area contributed by atoms with E-state index in [1.54, 1.807) is 12.1 Å². The van der Waals surface area contributed by atoms with Crippen LogP contribution in [0, 0.1) is 0 Å². The van der Waals surface area contributed by atoms with Gasteiger partial charge in [0.1, 0.15) is 0 Å². The molecule has 1 nitrogen and oxygen atoms in total. The van der Waals surface area contributed by atoms with Gasteiger partial charge in [-0.05, 0) is 48.2 Å². The number of benzene rings is 2. The molecule has 0 saturated heterocycles. The Bertz CT molecular complexity index is 672. The summed E-state index contributed by atoms with van der Waals surface area (Å²) in [6.07, 6.45) is 2.10. The van der Waals surface area contributed by atoms with Crippen LogP contribution >= 0.6 is 50.7 Å². The van der Waals surface area contributed by atoms with Crippen molar-refractivity contribution in [3.63, 3.8) is 0 Å². The van der Waals surface area contributed by atoms with Gasteiger partial charge in [-0.3, -0.25) is 0 Å². The second-order valence-corrected chi connectivity index (χ2v) is 6.96. The van der Waals surface area contributed by atoms with E-state index in [1.165, 1.54) is 11.1 Å². The quantitative estimate of drug-likeness (QED) is 0.576. The number of aryl methyl sites for hydroxylation is 1. The number of halogens is 4. The minimum Gasteiger partial charge on any atom is -0.377 e. The van der Waals surface area contributed by atoms with Crippen LogP contribution in [0.15, 0.2) is 34.8 Å². The summed E-state index contributed by atoms with van der Waals surface area (Å²) in [5.41, 5.74) is 3.50. The average Bonchev–Trinajstić information content (AvgIpc) is 2.78. The van der Waals surface area contributed by atoms with Crippen LogP contribution in [0.1, 0.15) is 23.6 Å². The fraction of sp³-hybridized carbons (Fsp3) is 0.200. The van der Waals surface area contributed by atoms with Gasteiger partial charge in [0.05, 0.1) is 26.8 Å². The first-order chi connectivity index (χ1) is 9.54. The molecule has 20 heavy (non-hydrogen) atoms. The van der Waals surface area contributed by atoms with Crippen molar-refractivity contribution in [2.45, 2.75) is 18.9 Å². The highest BCUT2D eigenvalue weighted by Gasteiger charge is 2.23. The number of fused-ring (bicyclic) bond motifs is 1. The molecule has 0 amide bonds. The molecular weight excluding hydrogens is 380 g/mol. The monoisotopic (exact) mass is 389 g/mol. The molecule has 1 aliphatic rings. The van der Waals surface area contributed by atoms with Crippen LogP contribution in [0.5, 0.6) is 0 Å². The molecule has 5 heteroatoms. The first-order valence-corrected chi connectivity index (χ1v) is 8.16.